The highest BCUT2D eigenvalue weighted by Crippen LogP contribution is 2.29. The first-order valence-electron chi connectivity index (χ1n) is 15.8. The molecule has 0 bridgehead atoms. The Morgan fingerprint density at radius 3 is 2.53 bits per heavy atom. The van der Waals surface area contributed by atoms with Crippen LogP contribution in [0.15, 0.2) is 48.5 Å². The molecule has 11 heteroatoms. The average molecular weight is 619 g/mol. The number of nitrogens with zero attached hydrogens (tertiary/aromatic N) is 5. The Morgan fingerprint density at radius 1 is 1.02 bits per heavy atom. The normalized spacial score (nSPS) is 11.5. The number of nitrogen functional groups attached to an aromatic ring is 1. The lowest BCUT2D eigenvalue weighted by Gasteiger charge is -2.27. The van der Waals surface area contributed by atoms with Crippen molar-refractivity contribution in [2.24, 2.45) is 0 Å². The molecular formula is C34H46N6O5. The molecule has 2 heterocycles. The van der Waals surface area contributed by atoms with Gasteiger partial charge in [0.05, 0.1) is 23.7 Å². The lowest BCUT2D eigenvalue weighted by Crippen LogP contribution is -2.40. The number of pyridine rings is 1. The van der Waals surface area contributed by atoms with Crippen LogP contribution in [0.3, 0.4) is 0 Å². The second kappa shape index (κ2) is 16.2. The number of ether oxygens (including phenoxy) is 3. The van der Waals surface area contributed by atoms with Crippen molar-refractivity contribution in [1.82, 2.24) is 24.3 Å². The second-order valence-electron chi connectivity index (χ2n) is 11.1. The Hall–Kier alpha value is -4.22. The number of hydrogen-bond acceptors (Lipinski definition) is 9. The standard InChI is InChI=1S/C34H46N6O5/c1-6-38(7-2)21-30(41)39(20-25-13-11-14-26(19-25)44-23-31(42)45-24(4)5)17-12-18-40-29(22-43-8-3)37-32-33(40)27-15-9-10-16-28(27)36-34(32)35/h9-11,13-16,19,24H,6-8,12,17-18,20-23H2,1-5H3,(H2,35,36). The molecule has 0 unspecified atom stereocenters. The number of carbonyl (C=O) groups excluding carboxylic acids is 2. The minimum absolute atomic E-state index is 0.0504. The maximum atomic E-state index is 13.6. The van der Waals surface area contributed by atoms with Gasteiger partial charge in [-0.2, -0.15) is 0 Å². The third kappa shape index (κ3) is 8.92. The van der Waals surface area contributed by atoms with Crippen molar-refractivity contribution < 1.29 is 23.8 Å². The van der Waals surface area contributed by atoms with E-state index in [1.54, 1.807) is 19.9 Å². The van der Waals surface area contributed by atoms with Gasteiger partial charge in [-0.3, -0.25) is 9.69 Å². The molecule has 2 aromatic carbocycles. The number of anilines is 1. The first-order chi connectivity index (χ1) is 21.7. The summed E-state index contributed by atoms with van der Waals surface area (Å²) >= 11 is 0. The Kier molecular flexibility index (Phi) is 12.1. The Bertz CT molecular complexity index is 1580. The van der Waals surface area contributed by atoms with Gasteiger partial charge in [0.25, 0.3) is 0 Å². The van der Waals surface area contributed by atoms with E-state index in [-0.39, 0.29) is 18.6 Å². The maximum Gasteiger partial charge on any atom is 0.344 e. The number of esters is 1. The number of aryl methyl sites for hydroxylation is 1. The topological polar surface area (TPSA) is 125 Å². The molecule has 1 amide bonds. The number of fused-ring (bicyclic) bond motifs is 3. The van der Waals surface area contributed by atoms with Gasteiger partial charge in [0, 0.05) is 31.6 Å². The van der Waals surface area contributed by atoms with Crippen molar-refractivity contribution in [1.29, 1.82) is 0 Å². The van der Waals surface area contributed by atoms with E-state index in [1.807, 2.05) is 54.3 Å². The molecule has 4 rings (SSSR count). The number of aromatic nitrogens is 3. The Morgan fingerprint density at radius 2 is 1.80 bits per heavy atom. The predicted octanol–water partition coefficient (Wildman–Crippen LogP) is 4.79. The molecule has 2 aromatic heterocycles. The molecule has 0 spiro atoms. The molecule has 0 aliphatic carbocycles. The van der Waals surface area contributed by atoms with Crippen LogP contribution < -0.4 is 10.5 Å². The summed E-state index contributed by atoms with van der Waals surface area (Å²) in [6.45, 7) is 13.9. The van der Waals surface area contributed by atoms with Crippen LogP contribution in [-0.2, 0) is 38.8 Å². The van der Waals surface area contributed by atoms with Crippen LogP contribution in [0, 0.1) is 0 Å². The van der Waals surface area contributed by atoms with Crippen molar-refractivity contribution in [2.45, 2.75) is 66.8 Å². The SMILES string of the molecule is CCOCc1nc2c(N)nc3ccccc3c2n1CCCN(Cc1cccc(OCC(=O)OC(C)C)c1)C(=O)CN(CC)CC. The number of amides is 1. The summed E-state index contributed by atoms with van der Waals surface area (Å²) in [6.07, 6.45) is 0.476. The average Bonchev–Trinajstić information content (AvgIpc) is 3.40. The van der Waals surface area contributed by atoms with Crippen LogP contribution >= 0.6 is 0 Å². The van der Waals surface area contributed by atoms with Gasteiger partial charge >= 0.3 is 5.97 Å². The molecule has 0 aliphatic heterocycles. The van der Waals surface area contributed by atoms with Crippen LogP contribution in [0.2, 0.25) is 0 Å². The zero-order valence-electron chi connectivity index (χ0n) is 27.1. The number of likely N-dealkylation sites (N-methyl/N-ethyl adjacent to an activating group) is 1. The minimum atomic E-state index is -0.424. The second-order valence-corrected chi connectivity index (χ2v) is 11.1. The van der Waals surface area contributed by atoms with E-state index in [0.717, 1.165) is 40.9 Å². The quantitative estimate of drug-likeness (QED) is 0.166. The largest absolute Gasteiger partial charge is 0.482 e. The highest BCUT2D eigenvalue weighted by molar-refractivity contribution is 6.06. The molecule has 0 saturated heterocycles. The Balaban J connectivity index is 1.56. The molecule has 0 radical (unpaired) electrons. The van der Waals surface area contributed by atoms with Crippen molar-refractivity contribution >= 4 is 39.6 Å². The zero-order chi connectivity index (χ0) is 32.3. The lowest BCUT2D eigenvalue weighted by molar-refractivity contribution is -0.149. The molecule has 0 atom stereocenters. The van der Waals surface area contributed by atoms with Gasteiger partial charge in [-0.15, -0.1) is 0 Å². The third-order valence-corrected chi connectivity index (χ3v) is 7.54. The Labute approximate surface area is 265 Å². The number of benzene rings is 2. The van der Waals surface area contributed by atoms with Crippen molar-refractivity contribution in [3.63, 3.8) is 0 Å². The molecule has 242 valence electrons. The van der Waals surface area contributed by atoms with Gasteiger partial charge < -0.3 is 29.4 Å². The summed E-state index contributed by atoms with van der Waals surface area (Å²) in [4.78, 5) is 39.0. The van der Waals surface area contributed by atoms with Crippen molar-refractivity contribution in [3.05, 3.63) is 59.9 Å². The molecule has 0 saturated carbocycles. The van der Waals surface area contributed by atoms with Crippen LogP contribution in [0.1, 0.15) is 52.4 Å². The summed E-state index contributed by atoms with van der Waals surface area (Å²) in [6, 6.07) is 15.4. The van der Waals surface area contributed by atoms with Crippen molar-refractivity contribution in [3.8, 4) is 5.75 Å². The van der Waals surface area contributed by atoms with Crippen LogP contribution in [0.5, 0.6) is 5.75 Å². The van der Waals surface area contributed by atoms with Crippen molar-refractivity contribution in [2.75, 3.05) is 45.1 Å². The van der Waals surface area contributed by atoms with Crippen LogP contribution in [0.25, 0.3) is 21.9 Å². The van der Waals surface area contributed by atoms with Crippen LogP contribution in [-0.4, -0.2) is 81.7 Å². The first kappa shape index (κ1) is 33.7. The highest BCUT2D eigenvalue weighted by Gasteiger charge is 2.20. The van der Waals surface area contributed by atoms with E-state index in [1.165, 1.54) is 0 Å². The maximum absolute atomic E-state index is 13.6. The van der Waals surface area contributed by atoms with E-state index in [2.05, 4.69) is 28.3 Å². The smallest absolute Gasteiger partial charge is 0.344 e. The molecule has 0 fully saturated rings. The molecule has 11 nitrogen and oxygen atoms in total. The third-order valence-electron chi connectivity index (χ3n) is 7.54. The fourth-order valence-corrected chi connectivity index (χ4v) is 5.29. The summed E-state index contributed by atoms with van der Waals surface area (Å²) in [5, 5.41) is 0.973. The van der Waals surface area contributed by atoms with E-state index < -0.39 is 5.97 Å². The molecule has 0 aliphatic rings. The lowest BCUT2D eigenvalue weighted by atomic mass is 10.1. The van der Waals surface area contributed by atoms with Gasteiger partial charge in [0.1, 0.15) is 23.7 Å². The molecule has 2 N–H and O–H groups in total. The zero-order valence-corrected chi connectivity index (χ0v) is 27.1. The van der Waals surface area contributed by atoms with Gasteiger partial charge in [-0.05, 0) is 64.0 Å². The summed E-state index contributed by atoms with van der Waals surface area (Å²) < 4.78 is 18.8. The van der Waals surface area contributed by atoms with E-state index in [0.29, 0.717) is 62.9 Å². The number of hydrogen-bond donors (Lipinski definition) is 1. The molecule has 4 aromatic rings. The number of rotatable bonds is 17. The number of para-hydroxylation sites is 1. The number of imidazole rings is 1. The van der Waals surface area contributed by atoms with E-state index >= 15 is 0 Å². The fraction of sp³-hybridized carbons (Fsp3) is 0.471. The monoisotopic (exact) mass is 618 g/mol. The summed E-state index contributed by atoms with van der Waals surface area (Å²) in [7, 11) is 0. The van der Waals surface area contributed by atoms with Crippen LogP contribution in [0.4, 0.5) is 5.82 Å². The van der Waals surface area contributed by atoms with Gasteiger partial charge in [0.2, 0.25) is 5.91 Å². The molecule has 45 heavy (non-hydrogen) atoms. The summed E-state index contributed by atoms with van der Waals surface area (Å²) in [5.74, 6) is 1.34. The van der Waals surface area contributed by atoms with E-state index in [4.69, 9.17) is 24.9 Å². The number of carbonyl (C=O) groups is 2. The predicted molar refractivity (Wildman–Crippen MR) is 176 cm³/mol. The van der Waals surface area contributed by atoms with Gasteiger partial charge in [-0.25, -0.2) is 14.8 Å². The highest BCUT2D eigenvalue weighted by atomic mass is 16.6. The summed E-state index contributed by atoms with van der Waals surface area (Å²) in [5.41, 5.74) is 9.66. The minimum Gasteiger partial charge on any atom is -0.482 e. The van der Waals surface area contributed by atoms with Gasteiger partial charge in [-0.1, -0.05) is 44.2 Å². The first-order valence-corrected chi connectivity index (χ1v) is 15.8. The fourth-order valence-electron chi connectivity index (χ4n) is 5.29. The number of nitrogens with two attached hydrogens (primary N) is 1. The molecular weight excluding hydrogens is 572 g/mol. The van der Waals surface area contributed by atoms with Gasteiger partial charge in [0.15, 0.2) is 12.4 Å². The van der Waals surface area contributed by atoms with E-state index in [9.17, 15) is 9.59 Å².